The lowest BCUT2D eigenvalue weighted by Gasteiger charge is -2.28. The van der Waals surface area contributed by atoms with Crippen molar-refractivity contribution in [1.82, 2.24) is 4.31 Å². The van der Waals surface area contributed by atoms with Crippen LogP contribution in [-0.4, -0.2) is 44.0 Å². The van der Waals surface area contributed by atoms with E-state index in [1.54, 1.807) is 30.3 Å². The van der Waals surface area contributed by atoms with Crippen molar-refractivity contribution in [1.29, 1.82) is 0 Å². The first-order valence-corrected chi connectivity index (χ1v) is 12.6. The summed E-state index contributed by atoms with van der Waals surface area (Å²) < 4.78 is 46.7. The number of nitrogens with zero attached hydrogens (tertiary/aromatic N) is 1. The Hall–Kier alpha value is -2.58. The number of esters is 1. The molecule has 4 rings (SSSR count). The molecule has 2 aromatic rings. The molecular formula is C24H29NO6S. The average molecular weight is 460 g/mol. The maximum atomic E-state index is 13.9. The smallest absolute Gasteiger partial charge is 0.305 e. The summed E-state index contributed by atoms with van der Waals surface area (Å²) in [5.74, 6) is 0.672. The van der Waals surface area contributed by atoms with E-state index in [0.717, 1.165) is 25.7 Å². The number of fused-ring (bicyclic) bond motifs is 1. The van der Waals surface area contributed by atoms with E-state index in [0.29, 0.717) is 18.6 Å². The van der Waals surface area contributed by atoms with Crippen molar-refractivity contribution in [2.24, 2.45) is 0 Å². The van der Waals surface area contributed by atoms with Gasteiger partial charge in [0.15, 0.2) is 10.6 Å². The quantitative estimate of drug-likeness (QED) is 0.567. The van der Waals surface area contributed by atoms with Crippen LogP contribution in [0.25, 0.3) is 0 Å². The summed E-state index contributed by atoms with van der Waals surface area (Å²) in [7, 11) is -3.89. The zero-order valence-electron chi connectivity index (χ0n) is 18.2. The number of benzene rings is 2. The largest absolute Gasteiger partial charge is 0.484 e. The predicted molar refractivity (Wildman–Crippen MR) is 119 cm³/mol. The van der Waals surface area contributed by atoms with Crippen molar-refractivity contribution >= 4 is 16.0 Å². The van der Waals surface area contributed by atoms with Gasteiger partial charge in [-0.15, -0.1) is 0 Å². The molecule has 0 radical (unpaired) electrons. The molecule has 0 bridgehead atoms. The van der Waals surface area contributed by atoms with E-state index in [4.69, 9.17) is 14.2 Å². The Morgan fingerprint density at radius 2 is 1.84 bits per heavy atom. The molecule has 0 amide bonds. The van der Waals surface area contributed by atoms with Gasteiger partial charge in [-0.05, 0) is 43.5 Å². The summed E-state index contributed by atoms with van der Waals surface area (Å²) >= 11 is 0. The van der Waals surface area contributed by atoms with E-state index in [1.165, 1.54) is 4.31 Å². The molecule has 0 aromatic heterocycles. The molecule has 1 saturated carbocycles. The van der Waals surface area contributed by atoms with Gasteiger partial charge in [-0.3, -0.25) is 4.79 Å². The highest BCUT2D eigenvalue weighted by Gasteiger charge is 2.42. The van der Waals surface area contributed by atoms with Crippen LogP contribution in [0.15, 0.2) is 53.4 Å². The van der Waals surface area contributed by atoms with Crippen LogP contribution < -0.4 is 9.47 Å². The molecule has 7 nitrogen and oxygen atoms in total. The van der Waals surface area contributed by atoms with E-state index in [9.17, 15) is 13.2 Å². The van der Waals surface area contributed by atoms with E-state index < -0.39 is 16.1 Å². The van der Waals surface area contributed by atoms with Gasteiger partial charge in [0.1, 0.15) is 24.2 Å². The molecule has 8 heteroatoms. The highest BCUT2D eigenvalue weighted by atomic mass is 32.2. The maximum absolute atomic E-state index is 13.9. The molecule has 172 valence electrons. The second-order valence-electron chi connectivity index (χ2n) is 8.18. The Bertz CT molecular complexity index is 1030. The average Bonchev–Trinajstić information content (AvgIpc) is 3.27. The zero-order valence-corrected chi connectivity index (χ0v) is 19.1. The Morgan fingerprint density at radius 3 is 2.56 bits per heavy atom. The Kier molecular flexibility index (Phi) is 7.01. The van der Waals surface area contributed by atoms with E-state index >= 15 is 0 Å². The summed E-state index contributed by atoms with van der Waals surface area (Å²) in [6.45, 7) is 2.04. The van der Waals surface area contributed by atoms with Crippen LogP contribution in [0.3, 0.4) is 0 Å². The summed E-state index contributed by atoms with van der Waals surface area (Å²) in [6.07, 6.45) is 4.00. The fourth-order valence-corrected chi connectivity index (χ4v) is 6.19. The van der Waals surface area contributed by atoms with Crippen LogP contribution in [0.2, 0.25) is 0 Å². The molecule has 32 heavy (non-hydrogen) atoms. The van der Waals surface area contributed by atoms with Gasteiger partial charge in [-0.1, -0.05) is 44.0 Å². The Morgan fingerprint density at radius 1 is 1.09 bits per heavy atom. The minimum Gasteiger partial charge on any atom is -0.484 e. The van der Waals surface area contributed by atoms with Crippen LogP contribution in [0.4, 0.5) is 0 Å². The molecule has 0 saturated heterocycles. The highest BCUT2D eigenvalue weighted by molar-refractivity contribution is 7.89. The molecule has 1 aliphatic carbocycles. The third kappa shape index (κ3) is 4.91. The van der Waals surface area contributed by atoms with Gasteiger partial charge in [0.2, 0.25) is 0 Å². The molecule has 1 atom stereocenters. The van der Waals surface area contributed by atoms with Crippen LogP contribution in [0.5, 0.6) is 17.2 Å². The predicted octanol–water partition coefficient (Wildman–Crippen LogP) is 4.52. The van der Waals surface area contributed by atoms with E-state index in [1.807, 2.05) is 25.1 Å². The maximum Gasteiger partial charge on any atom is 0.305 e. The van der Waals surface area contributed by atoms with Crippen molar-refractivity contribution in [3.63, 3.8) is 0 Å². The molecular weight excluding hydrogens is 430 g/mol. The van der Waals surface area contributed by atoms with Gasteiger partial charge in [0, 0.05) is 12.5 Å². The third-order valence-electron chi connectivity index (χ3n) is 5.77. The summed E-state index contributed by atoms with van der Waals surface area (Å²) in [4.78, 5) is 11.9. The second-order valence-corrected chi connectivity index (χ2v) is 10.0. The van der Waals surface area contributed by atoms with Gasteiger partial charge in [-0.25, -0.2) is 8.42 Å². The van der Waals surface area contributed by atoms with Crippen LogP contribution in [0, 0.1) is 0 Å². The Labute approximate surface area is 189 Å². The van der Waals surface area contributed by atoms with Gasteiger partial charge in [0.05, 0.1) is 6.54 Å². The Balaban J connectivity index is 1.70. The lowest BCUT2D eigenvalue weighted by molar-refractivity contribution is -0.146. The summed E-state index contributed by atoms with van der Waals surface area (Å²) in [5, 5.41) is 0. The molecule has 0 spiro atoms. The number of para-hydroxylation sites is 1. The molecule has 2 aromatic carbocycles. The standard InChI is InChI=1S/C24H29NO6S/c1-2-9-23(26)29-17-20-16-25(18-10-6-7-11-18)32(27,28)24-21(14-8-15-22(24)31-20)30-19-12-4-3-5-13-19/h3-5,8,12-15,18,20H,2,6-7,9-11,16-17H2,1H3/t20-/m1/s1. The number of ether oxygens (including phenoxy) is 3. The first-order valence-electron chi connectivity index (χ1n) is 11.2. The van der Waals surface area contributed by atoms with E-state index in [-0.39, 0.29) is 41.6 Å². The molecule has 1 heterocycles. The second kappa shape index (κ2) is 9.92. The van der Waals surface area contributed by atoms with Gasteiger partial charge in [0.25, 0.3) is 10.0 Å². The minimum absolute atomic E-state index is 0.000777. The van der Waals surface area contributed by atoms with Crippen LogP contribution >= 0.6 is 0 Å². The summed E-state index contributed by atoms with van der Waals surface area (Å²) in [5.41, 5.74) is 0. The van der Waals surface area contributed by atoms with Gasteiger partial charge < -0.3 is 14.2 Å². The zero-order chi connectivity index (χ0) is 22.6. The molecule has 2 aliphatic rings. The lowest BCUT2D eigenvalue weighted by atomic mass is 10.2. The number of hydrogen-bond donors (Lipinski definition) is 0. The fraction of sp³-hybridized carbons (Fsp3) is 0.458. The number of sulfonamides is 1. The number of carbonyl (C=O) groups excluding carboxylic acids is 1. The molecule has 1 fully saturated rings. The van der Waals surface area contributed by atoms with Crippen molar-refractivity contribution in [3.05, 3.63) is 48.5 Å². The molecule has 0 N–H and O–H groups in total. The first-order chi connectivity index (χ1) is 15.5. The van der Waals surface area contributed by atoms with Gasteiger partial charge in [-0.2, -0.15) is 4.31 Å². The monoisotopic (exact) mass is 459 g/mol. The van der Waals surface area contributed by atoms with Crippen molar-refractivity contribution in [2.75, 3.05) is 13.2 Å². The number of hydrogen-bond acceptors (Lipinski definition) is 6. The molecule has 1 aliphatic heterocycles. The third-order valence-corrected chi connectivity index (χ3v) is 7.76. The minimum atomic E-state index is -3.89. The first kappa shape index (κ1) is 22.6. The highest BCUT2D eigenvalue weighted by Crippen LogP contribution is 2.42. The molecule has 0 unspecified atom stereocenters. The summed E-state index contributed by atoms with van der Waals surface area (Å²) in [6, 6.07) is 13.9. The topological polar surface area (TPSA) is 82.1 Å². The van der Waals surface area contributed by atoms with Crippen molar-refractivity contribution < 1.29 is 27.4 Å². The van der Waals surface area contributed by atoms with Crippen molar-refractivity contribution in [2.45, 2.75) is 62.5 Å². The normalized spacial score (nSPS) is 20.7. The van der Waals surface area contributed by atoms with Crippen LogP contribution in [0.1, 0.15) is 45.4 Å². The lowest BCUT2D eigenvalue weighted by Crippen LogP contribution is -2.44. The van der Waals surface area contributed by atoms with E-state index in [2.05, 4.69) is 0 Å². The number of carbonyl (C=O) groups is 1. The fourth-order valence-electron chi connectivity index (χ4n) is 4.26. The number of rotatable bonds is 7. The SMILES string of the molecule is CCCC(=O)OC[C@H]1CN(C2CCCC2)S(=O)(=O)c2c(Oc3ccccc3)cccc2O1. The van der Waals surface area contributed by atoms with Crippen molar-refractivity contribution in [3.8, 4) is 17.2 Å². The van der Waals surface area contributed by atoms with Gasteiger partial charge >= 0.3 is 5.97 Å². The van der Waals surface area contributed by atoms with Crippen LogP contribution in [-0.2, 0) is 19.6 Å².